The number of nitrogens with two attached hydrogens (primary N) is 1. The maximum Gasteiger partial charge on any atom is 0.338 e. The molecular formula is C11H11NO3S. The first kappa shape index (κ1) is 12.5. The van der Waals surface area contributed by atoms with Crippen LogP contribution in [0, 0.1) is 0 Å². The van der Waals surface area contributed by atoms with E-state index in [0.29, 0.717) is 0 Å². The van der Waals surface area contributed by atoms with Gasteiger partial charge in [0.05, 0.1) is 5.57 Å². The second-order valence-corrected chi connectivity index (χ2v) is 4.21. The Kier molecular flexibility index (Phi) is 4.28. The van der Waals surface area contributed by atoms with Gasteiger partial charge in [0.2, 0.25) is 0 Å². The van der Waals surface area contributed by atoms with Crippen molar-refractivity contribution in [2.75, 3.05) is 0 Å². The molecule has 16 heavy (non-hydrogen) atoms. The average molecular weight is 237 g/mol. The molecule has 1 aromatic rings. The number of carbonyl (C=O) groups excluding carboxylic acids is 1. The minimum absolute atomic E-state index is 0.490. The van der Waals surface area contributed by atoms with E-state index in [1.165, 1.54) is 0 Å². The van der Waals surface area contributed by atoms with Gasteiger partial charge in [0.25, 0.3) is 0 Å². The summed E-state index contributed by atoms with van der Waals surface area (Å²) in [5, 5.41) is 7.64. The van der Waals surface area contributed by atoms with Gasteiger partial charge in [-0.1, -0.05) is 36.5 Å². The van der Waals surface area contributed by atoms with Gasteiger partial charge in [0.1, 0.15) is 5.37 Å². The van der Waals surface area contributed by atoms with Gasteiger partial charge in [0.15, 0.2) is 5.78 Å². The third-order valence-corrected chi connectivity index (χ3v) is 2.83. The summed E-state index contributed by atoms with van der Waals surface area (Å²) in [6.07, 6.45) is 0. The van der Waals surface area contributed by atoms with Crippen molar-refractivity contribution < 1.29 is 14.7 Å². The molecule has 4 nitrogen and oxygen atoms in total. The van der Waals surface area contributed by atoms with Crippen LogP contribution in [0.25, 0.3) is 0 Å². The first-order chi connectivity index (χ1) is 7.52. The number of thioether (sulfide) groups is 1. The Morgan fingerprint density at radius 2 is 1.88 bits per heavy atom. The SMILES string of the molecule is C=C(C(=O)O)C(=O)C(N)Sc1ccccc1. The molecule has 1 unspecified atom stereocenters. The van der Waals surface area contributed by atoms with E-state index in [1.807, 2.05) is 18.2 Å². The molecule has 0 bridgehead atoms. The van der Waals surface area contributed by atoms with E-state index in [-0.39, 0.29) is 0 Å². The zero-order chi connectivity index (χ0) is 12.1. The number of benzene rings is 1. The predicted molar refractivity (Wildman–Crippen MR) is 62.1 cm³/mol. The first-order valence-corrected chi connectivity index (χ1v) is 5.34. The fraction of sp³-hybridized carbons (Fsp3) is 0.0909. The van der Waals surface area contributed by atoms with Crippen molar-refractivity contribution >= 4 is 23.5 Å². The Bertz CT molecular complexity index is 416. The molecule has 84 valence electrons. The number of hydrogen-bond donors (Lipinski definition) is 2. The van der Waals surface area contributed by atoms with E-state index in [9.17, 15) is 9.59 Å². The number of Topliss-reactive ketones (excluding diaryl/α,β-unsaturated/α-hetero) is 1. The van der Waals surface area contributed by atoms with Crippen LogP contribution in [0.3, 0.4) is 0 Å². The van der Waals surface area contributed by atoms with E-state index >= 15 is 0 Å². The number of ketones is 1. The van der Waals surface area contributed by atoms with Crippen molar-refractivity contribution in [2.45, 2.75) is 10.3 Å². The predicted octanol–water partition coefficient (Wildman–Crippen LogP) is 1.27. The van der Waals surface area contributed by atoms with Gasteiger partial charge in [-0.15, -0.1) is 0 Å². The molecule has 0 spiro atoms. The summed E-state index contributed by atoms with van der Waals surface area (Å²) in [5.74, 6) is -2.00. The Labute approximate surface area is 97.1 Å². The van der Waals surface area contributed by atoms with Gasteiger partial charge < -0.3 is 10.8 Å². The van der Waals surface area contributed by atoms with Crippen molar-refractivity contribution in [2.24, 2.45) is 5.73 Å². The fourth-order valence-corrected chi connectivity index (χ4v) is 1.83. The van der Waals surface area contributed by atoms with E-state index in [4.69, 9.17) is 10.8 Å². The van der Waals surface area contributed by atoms with Gasteiger partial charge >= 0.3 is 5.97 Å². The number of carboxylic acid groups (broad SMARTS) is 1. The van der Waals surface area contributed by atoms with Gasteiger partial charge in [-0.05, 0) is 12.1 Å². The maximum absolute atomic E-state index is 11.5. The molecule has 3 N–H and O–H groups in total. The lowest BCUT2D eigenvalue weighted by Crippen LogP contribution is -2.30. The lowest BCUT2D eigenvalue weighted by molar-refractivity contribution is -0.134. The van der Waals surface area contributed by atoms with E-state index < -0.39 is 22.7 Å². The van der Waals surface area contributed by atoms with Crippen LogP contribution in [0.2, 0.25) is 0 Å². The van der Waals surface area contributed by atoms with Gasteiger partial charge in [-0.3, -0.25) is 4.79 Å². The van der Waals surface area contributed by atoms with Crippen LogP contribution in [0.4, 0.5) is 0 Å². The van der Waals surface area contributed by atoms with Gasteiger partial charge in [-0.25, -0.2) is 4.79 Å². The van der Waals surface area contributed by atoms with Crippen LogP contribution in [0.5, 0.6) is 0 Å². The quantitative estimate of drug-likeness (QED) is 0.265. The summed E-state index contributed by atoms with van der Waals surface area (Å²) in [5.41, 5.74) is 5.09. The molecule has 0 fully saturated rings. The zero-order valence-corrected chi connectivity index (χ0v) is 9.24. The summed E-state index contributed by atoms with van der Waals surface area (Å²) < 4.78 is 0. The highest BCUT2D eigenvalue weighted by Crippen LogP contribution is 2.21. The maximum atomic E-state index is 11.5. The molecule has 1 atom stereocenters. The number of rotatable bonds is 5. The minimum atomic E-state index is -1.34. The van der Waals surface area contributed by atoms with Crippen LogP contribution in [-0.2, 0) is 9.59 Å². The molecule has 0 aliphatic carbocycles. The number of carbonyl (C=O) groups is 2. The third-order valence-electron chi connectivity index (χ3n) is 1.82. The normalized spacial score (nSPS) is 11.8. The molecule has 5 heteroatoms. The van der Waals surface area contributed by atoms with Crippen LogP contribution < -0.4 is 5.73 Å². The molecule has 0 radical (unpaired) electrons. The first-order valence-electron chi connectivity index (χ1n) is 4.46. The van der Waals surface area contributed by atoms with Gasteiger partial charge in [0, 0.05) is 4.90 Å². The summed E-state index contributed by atoms with van der Waals surface area (Å²) in [6.45, 7) is 3.17. The lowest BCUT2D eigenvalue weighted by Gasteiger charge is -2.09. The molecule has 0 saturated heterocycles. The lowest BCUT2D eigenvalue weighted by atomic mass is 10.2. The number of hydrogen-bond acceptors (Lipinski definition) is 4. The molecular weight excluding hydrogens is 226 g/mol. The molecule has 0 aliphatic rings. The Hall–Kier alpha value is -1.59. The van der Waals surface area contributed by atoms with Crippen LogP contribution >= 0.6 is 11.8 Å². The Balaban J connectivity index is 2.66. The number of carboxylic acids is 1. The molecule has 0 aromatic heterocycles. The average Bonchev–Trinajstić information content (AvgIpc) is 2.28. The van der Waals surface area contributed by atoms with E-state index in [2.05, 4.69) is 6.58 Å². The highest BCUT2D eigenvalue weighted by atomic mass is 32.2. The zero-order valence-electron chi connectivity index (χ0n) is 8.42. The number of aliphatic carboxylic acids is 1. The standard InChI is InChI=1S/C11H11NO3S/c1-7(11(14)15)9(13)10(12)16-8-5-3-2-4-6-8/h2-6,10H,1,12H2,(H,14,15). The summed E-state index contributed by atoms with van der Waals surface area (Å²) in [6, 6.07) is 9.05. The highest BCUT2D eigenvalue weighted by Gasteiger charge is 2.22. The molecule has 1 rings (SSSR count). The molecule has 0 heterocycles. The van der Waals surface area contributed by atoms with E-state index in [0.717, 1.165) is 16.7 Å². The second-order valence-electron chi connectivity index (χ2n) is 3.00. The molecule has 1 aromatic carbocycles. The van der Waals surface area contributed by atoms with Crippen molar-refractivity contribution in [1.29, 1.82) is 0 Å². The summed E-state index contributed by atoms with van der Waals surface area (Å²) >= 11 is 1.10. The van der Waals surface area contributed by atoms with Crippen LogP contribution in [0.1, 0.15) is 0 Å². The fourth-order valence-electron chi connectivity index (χ4n) is 0.976. The third kappa shape index (κ3) is 3.22. The van der Waals surface area contributed by atoms with E-state index in [1.54, 1.807) is 12.1 Å². The van der Waals surface area contributed by atoms with Crippen molar-refractivity contribution in [1.82, 2.24) is 0 Å². The largest absolute Gasteiger partial charge is 0.478 e. The van der Waals surface area contributed by atoms with Crippen molar-refractivity contribution in [3.63, 3.8) is 0 Å². The highest BCUT2D eigenvalue weighted by molar-refractivity contribution is 8.00. The van der Waals surface area contributed by atoms with Crippen LogP contribution in [0.15, 0.2) is 47.4 Å². The van der Waals surface area contributed by atoms with Crippen molar-refractivity contribution in [3.05, 3.63) is 42.5 Å². The Morgan fingerprint density at radius 3 is 2.38 bits per heavy atom. The minimum Gasteiger partial charge on any atom is -0.478 e. The smallest absolute Gasteiger partial charge is 0.338 e. The monoisotopic (exact) mass is 237 g/mol. The molecule has 0 aliphatic heterocycles. The summed E-state index contributed by atoms with van der Waals surface area (Å²) in [4.78, 5) is 22.8. The Morgan fingerprint density at radius 1 is 1.31 bits per heavy atom. The topological polar surface area (TPSA) is 80.4 Å². The van der Waals surface area contributed by atoms with Gasteiger partial charge in [-0.2, -0.15) is 0 Å². The van der Waals surface area contributed by atoms with Crippen molar-refractivity contribution in [3.8, 4) is 0 Å². The molecule has 0 amide bonds. The second kappa shape index (κ2) is 5.48. The molecule has 0 saturated carbocycles. The summed E-state index contributed by atoms with van der Waals surface area (Å²) in [7, 11) is 0. The van der Waals surface area contributed by atoms with Crippen LogP contribution in [-0.4, -0.2) is 22.2 Å².